The van der Waals surface area contributed by atoms with Crippen molar-refractivity contribution in [3.05, 3.63) is 24.0 Å². The van der Waals surface area contributed by atoms with Gasteiger partial charge in [-0.05, 0) is 39.1 Å². The zero-order valence-electron chi connectivity index (χ0n) is 11.9. The van der Waals surface area contributed by atoms with Gasteiger partial charge in [0, 0.05) is 6.54 Å². The van der Waals surface area contributed by atoms with Gasteiger partial charge in [-0.2, -0.15) is 5.26 Å². The van der Waals surface area contributed by atoms with Crippen LogP contribution in [0.4, 0.5) is 15.8 Å². The van der Waals surface area contributed by atoms with Crippen LogP contribution in [0.1, 0.15) is 13.8 Å². The molecule has 0 bridgehead atoms. The molecule has 108 valence electrons. The van der Waals surface area contributed by atoms with E-state index >= 15 is 0 Å². The lowest BCUT2D eigenvalue weighted by Gasteiger charge is -2.24. The number of anilines is 2. The Kier molecular flexibility index (Phi) is 5.47. The summed E-state index contributed by atoms with van der Waals surface area (Å²) >= 11 is 0. The number of nitrogen functional groups attached to an aromatic ring is 1. The summed E-state index contributed by atoms with van der Waals surface area (Å²) in [5.41, 5.74) is 6.20. The molecule has 2 atom stereocenters. The molecule has 0 fully saturated rings. The van der Waals surface area contributed by atoms with Crippen molar-refractivity contribution < 1.29 is 9.18 Å². The van der Waals surface area contributed by atoms with Crippen LogP contribution in [0.5, 0.6) is 0 Å². The Morgan fingerprint density at radius 2 is 2.20 bits per heavy atom. The molecule has 1 rings (SSSR count). The summed E-state index contributed by atoms with van der Waals surface area (Å²) in [5, 5.41) is 11.4. The Balaban J connectivity index is 2.68. The van der Waals surface area contributed by atoms with E-state index in [0.29, 0.717) is 12.2 Å². The molecular weight excluding hydrogens is 259 g/mol. The molecule has 1 amide bonds. The van der Waals surface area contributed by atoms with Gasteiger partial charge >= 0.3 is 0 Å². The summed E-state index contributed by atoms with van der Waals surface area (Å²) in [6.07, 6.45) is 0. The molecule has 0 spiro atoms. The molecule has 0 aliphatic rings. The minimum absolute atomic E-state index is 0.161. The van der Waals surface area contributed by atoms with E-state index in [1.165, 1.54) is 12.1 Å². The summed E-state index contributed by atoms with van der Waals surface area (Å²) in [6.45, 7) is 4.02. The number of nitrogens with one attached hydrogen (secondary N) is 1. The van der Waals surface area contributed by atoms with Gasteiger partial charge in [-0.1, -0.05) is 0 Å². The van der Waals surface area contributed by atoms with Gasteiger partial charge in [0.1, 0.15) is 5.82 Å². The fraction of sp³-hybridized carbons (Fsp3) is 0.429. The highest BCUT2D eigenvalue weighted by Crippen LogP contribution is 2.19. The lowest BCUT2D eigenvalue weighted by molar-refractivity contribution is -0.120. The molecular formula is C14H19FN4O. The van der Waals surface area contributed by atoms with E-state index in [-0.39, 0.29) is 17.5 Å². The lowest BCUT2D eigenvalue weighted by atomic mass is 10.1. The minimum Gasteiger partial charge on any atom is -0.397 e. The zero-order chi connectivity index (χ0) is 15.3. The van der Waals surface area contributed by atoms with Gasteiger partial charge in [0.05, 0.1) is 29.4 Å². The second-order valence-electron chi connectivity index (χ2n) is 4.87. The van der Waals surface area contributed by atoms with Crippen LogP contribution >= 0.6 is 0 Å². The van der Waals surface area contributed by atoms with Crippen LogP contribution in [0, 0.1) is 23.1 Å². The van der Waals surface area contributed by atoms with Crippen molar-refractivity contribution in [2.45, 2.75) is 19.9 Å². The van der Waals surface area contributed by atoms with Crippen molar-refractivity contribution >= 4 is 17.3 Å². The predicted molar refractivity (Wildman–Crippen MR) is 76.3 cm³/mol. The molecule has 0 saturated heterocycles. The third-order valence-corrected chi connectivity index (χ3v) is 3.09. The number of likely N-dealkylation sites (N-methyl/N-ethyl adjacent to an activating group) is 1. The highest BCUT2D eigenvalue weighted by atomic mass is 19.1. The van der Waals surface area contributed by atoms with Crippen LogP contribution in [-0.4, -0.2) is 30.4 Å². The summed E-state index contributed by atoms with van der Waals surface area (Å²) < 4.78 is 12.9. The van der Waals surface area contributed by atoms with Crippen molar-refractivity contribution in [1.82, 2.24) is 4.90 Å². The molecule has 20 heavy (non-hydrogen) atoms. The molecule has 3 N–H and O–H groups in total. The number of nitrogens with zero attached hydrogens (tertiary/aromatic N) is 2. The summed E-state index contributed by atoms with van der Waals surface area (Å²) in [4.78, 5) is 13.9. The Morgan fingerprint density at radius 3 is 2.75 bits per heavy atom. The fourth-order valence-corrected chi connectivity index (χ4v) is 1.72. The van der Waals surface area contributed by atoms with Crippen molar-refractivity contribution in [2.24, 2.45) is 5.92 Å². The Bertz CT molecular complexity index is 526. The first-order chi connectivity index (χ1) is 9.35. The molecule has 0 heterocycles. The quantitative estimate of drug-likeness (QED) is 0.805. The van der Waals surface area contributed by atoms with Gasteiger partial charge in [-0.25, -0.2) is 4.39 Å². The molecule has 0 radical (unpaired) electrons. The average Bonchev–Trinajstić information content (AvgIpc) is 2.40. The number of halogens is 1. The molecule has 6 heteroatoms. The molecule has 0 aromatic heterocycles. The van der Waals surface area contributed by atoms with E-state index in [1.807, 2.05) is 0 Å². The molecule has 0 saturated carbocycles. The topological polar surface area (TPSA) is 82.2 Å². The Morgan fingerprint density at radius 1 is 1.55 bits per heavy atom. The molecule has 0 aliphatic heterocycles. The van der Waals surface area contributed by atoms with Gasteiger partial charge in [-0.3, -0.25) is 9.69 Å². The number of carbonyl (C=O) groups is 1. The highest BCUT2D eigenvalue weighted by Gasteiger charge is 2.20. The van der Waals surface area contributed by atoms with E-state index in [0.717, 1.165) is 6.07 Å². The number of carbonyl (C=O) groups excluding carboxylic acids is 1. The maximum atomic E-state index is 12.9. The second kappa shape index (κ2) is 6.87. The largest absolute Gasteiger partial charge is 0.397 e. The zero-order valence-corrected chi connectivity index (χ0v) is 11.9. The van der Waals surface area contributed by atoms with Crippen LogP contribution in [0.2, 0.25) is 0 Å². The maximum absolute atomic E-state index is 12.9. The van der Waals surface area contributed by atoms with E-state index in [9.17, 15) is 9.18 Å². The molecule has 5 nitrogen and oxygen atoms in total. The van der Waals surface area contributed by atoms with E-state index < -0.39 is 11.9 Å². The van der Waals surface area contributed by atoms with Gasteiger partial charge in [0.25, 0.3) is 0 Å². The van der Waals surface area contributed by atoms with Crippen molar-refractivity contribution in [3.63, 3.8) is 0 Å². The van der Waals surface area contributed by atoms with Crippen molar-refractivity contribution in [3.8, 4) is 6.07 Å². The summed E-state index contributed by atoms with van der Waals surface area (Å²) in [7, 11) is 1.77. The van der Waals surface area contributed by atoms with Crippen LogP contribution in [0.15, 0.2) is 18.2 Å². The predicted octanol–water partition coefficient (Wildman–Crippen LogP) is 1.83. The number of rotatable bonds is 5. The monoisotopic (exact) mass is 278 g/mol. The number of benzene rings is 1. The van der Waals surface area contributed by atoms with Gasteiger partial charge < -0.3 is 11.1 Å². The number of hydrogen-bond acceptors (Lipinski definition) is 4. The van der Waals surface area contributed by atoms with Crippen molar-refractivity contribution in [1.29, 1.82) is 5.26 Å². The normalized spacial score (nSPS) is 13.6. The van der Waals surface area contributed by atoms with Crippen LogP contribution in [0.25, 0.3) is 0 Å². The first kappa shape index (κ1) is 15.9. The van der Waals surface area contributed by atoms with Gasteiger partial charge in [0.15, 0.2) is 0 Å². The van der Waals surface area contributed by atoms with E-state index in [4.69, 9.17) is 11.0 Å². The van der Waals surface area contributed by atoms with Gasteiger partial charge in [-0.15, -0.1) is 0 Å². The second-order valence-corrected chi connectivity index (χ2v) is 4.87. The standard InChI is InChI=1S/C14H19FN4O/c1-9(7-16)8-19(3)10(2)14(20)18-13-5-4-11(15)6-12(13)17/h4-6,9-10H,8,17H2,1-3H3,(H,18,20). The van der Waals surface area contributed by atoms with E-state index in [2.05, 4.69) is 11.4 Å². The summed E-state index contributed by atoms with van der Waals surface area (Å²) in [5.74, 6) is -0.865. The van der Waals surface area contributed by atoms with Crippen LogP contribution < -0.4 is 11.1 Å². The number of amides is 1. The molecule has 0 aliphatic carbocycles. The molecule has 2 unspecified atom stereocenters. The third-order valence-electron chi connectivity index (χ3n) is 3.09. The highest BCUT2D eigenvalue weighted by molar-refractivity contribution is 5.97. The van der Waals surface area contributed by atoms with Crippen LogP contribution in [-0.2, 0) is 4.79 Å². The maximum Gasteiger partial charge on any atom is 0.241 e. The summed E-state index contributed by atoms with van der Waals surface area (Å²) in [6, 6.07) is 5.51. The fourth-order valence-electron chi connectivity index (χ4n) is 1.72. The van der Waals surface area contributed by atoms with Crippen LogP contribution in [0.3, 0.4) is 0 Å². The number of hydrogen-bond donors (Lipinski definition) is 2. The molecule has 1 aromatic carbocycles. The minimum atomic E-state index is -0.450. The first-order valence-corrected chi connectivity index (χ1v) is 6.31. The van der Waals surface area contributed by atoms with Crippen molar-refractivity contribution in [2.75, 3.05) is 24.6 Å². The first-order valence-electron chi connectivity index (χ1n) is 6.31. The smallest absolute Gasteiger partial charge is 0.241 e. The molecule has 1 aromatic rings. The van der Waals surface area contributed by atoms with Gasteiger partial charge in [0.2, 0.25) is 5.91 Å². The Labute approximate surface area is 118 Å². The van der Waals surface area contributed by atoms with E-state index in [1.54, 1.807) is 25.8 Å². The number of nitriles is 1. The lowest BCUT2D eigenvalue weighted by Crippen LogP contribution is -2.41. The third kappa shape index (κ3) is 4.21. The SMILES string of the molecule is CC(C#N)CN(C)C(C)C(=O)Nc1ccc(F)cc1N. The average molecular weight is 278 g/mol. The Hall–Kier alpha value is -2.13. The number of nitrogens with two attached hydrogens (primary N) is 1.